The quantitative estimate of drug-likeness (QED) is 0.783. The molecule has 2 aromatic heterocycles. The highest BCUT2D eigenvalue weighted by atomic mass is 16.5. The van der Waals surface area contributed by atoms with Crippen molar-refractivity contribution >= 4 is 5.78 Å². The van der Waals surface area contributed by atoms with Crippen molar-refractivity contribution in [1.29, 1.82) is 0 Å². The Morgan fingerprint density at radius 1 is 1.21 bits per heavy atom. The van der Waals surface area contributed by atoms with E-state index >= 15 is 0 Å². The van der Waals surface area contributed by atoms with Crippen molar-refractivity contribution in [2.45, 2.75) is 20.3 Å². The molecule has 0 saturated heterocycles. The van der Waals surface area contributed by atoms with Crippen LogP contribution in [0.3, 0.4) is 0 Å². The van der Waals surface area contributed by atoms with Gasteiger partial charge in [0.2, 0.25) is 0 Å². The second-order valence-electron chi connectivity index (χ2n) is 4.24. The molecule has 2 rings (SSSR count). The lowest BCUT2D eigenvalue weighted by Crippen LogP contribution is -2.10. The number of carbonyl (C=O) groups is 1. The van der Waals surface area contributed by atoms with Crippen molar-refractivity contribution in [1.82, 2.24) is 15.0 Å². The van der Waals surface area contributed by atoms with Crippen LogP contribution in [0, 0.1) is 13.8 Å². The zero-order chi connectivity index (χ0) is 13.8. The maximum atomic E-state index is 12.1. The lowest BCUT2D eigenvalue weighted by atomic mass is 10.1. The molecule has 0 atom stereocenters. The monoisotopic (exact) mass is 257 g/mol. The number of nitrogens with zero attached hydrogens (tertiary/aromatic N) is 3. The second kappa shape index (κ2) is 5.56. The molecule has 0 spiro atoms. The van der Waals surface area contributed by atoms with Crippen LogP contribution in [0.25, 0.3) is 0 Å². The maximum Gasteiger partial charge on any atom is 0.188 e. The van der Waals surface area contributed by atoms with Crippen LogP contribution < -0.4 is 4.74 Å². The van der Waals surface area contributed by atoms with Gasteiger partial charge in [-0.2, -0.15) is 0 Å². The van der Waals surface area contributed by atoms with Crippen molar-refractivity contribution < 1.29 is 9.53 Å². The highest BCUT2D eigenvalue weighted by Crippen LogP contribution is 2.24. The zero-order valence-electron chi connectivity index (χ0n) is 11.2. The number of Topliss-reactive ketones (excluding diaryl/α,β-unsaturated/α-hetero) is 1. The standard InChI is InChI=1S/C14H15N3O2/c1-9-7-17-11(10(2)14(9)19-3)6-13(18)12-8-15-4-5-16-12/h4-5,7-8H,6H2,1-3H3. The fraction of sp³-hybridized carbons (Fsp3) is 0.286. The molecule has 0 N–H and O–H groups in total. The van der Waals surface area contributed by atoms with Gasteiger partial charge in [0.1, 0.15) is 11.4 Å². The van der Waals surface area contributed by atoms with Crippen LogP contribution >= 0.6 is 0 Å². The Morgan fingerprint density at radius 2 is 2.00 bits per heavy atom. The van der Waals surface area contributed by atoms with E-state index in [1.54, 1.807) is 13.3 Å². The number of ketones is 1. The number of hydrogen-bond donors (Lipinski definition) is 0. The predicted molar refractivity (Wildman–Crippen MR) is 70.3 cm³/mol. The van der Waals surface area contributed by atoms with Gasteiger partial charge in [-0.3, -0.25) is 14.8 Å². The summed E-state index contributed by atoms with van der Waals surface area (Å²) in [5, 5.41) is 0. The van der Waals surface area contributed by atoms with Crippen LogP contribution in [-0.4, -0.2) is 27.8 Å². The van der Waals surface area contributed by atoms with E-state index in [1.165, 1.54) is 18.6 Å². The summed E-state index contributed by atoms with van der Waals surface area (Å²) in [5.41, 5.74) is 2.90. The number of hydrogen-bond acceptors (Lipinski definition) is 5. The van der Waals surface area contributed by atoms with E-state index in [0.717, 1.165) is 16.9 Å². The van der Waals surface area contributed by atoms with E-state index < -0.39 is 0 Å². The number of carbonyl (C=O) groups excluding carboxylic acids is 1. The minimum atomic E-state index is -0.102. The van der Waals surface area contributed by atoms with Crippen LogP contribution in [0.2, 0.25) is 0 Å². The molecule has 98 valence electrons. The first kappa shape index (κ1) is 13.1. The van der Waals surface area contributed by atoms with Gasteiger partial charge in [0.25, 0.3) is 0 Å². The third-order valence-corrected chi connectivity index (χ3v) is 2.93. The normalized spacial score (nSPS) is 10.3. The van der Waals surface area contributed by atoms with Gasteiger partial charge in [-0.25, -0.2) is 4.98 Å². The van der Waals surface area contributed by atoms with E-state index in [0.29, 0.717) is 11.4 Å². The smallest absolute Gasteiger partial charge is 0.188 e. The molecule has 0 aliphatic carbocycles. The molecule has 0 radical (unpaired) electrons. The average Bonchev–Trinajstić information content (AvgIpc) is 2.43. The molecule has 5 heteroatoms. The third-order valence-electron chi connectivity index (χ3n) is 2.93. The van der Waals surface area contributed by atoms with Gasteiger partial charge in [-0.1, -0.05) is 0 Å². The van der Waals surface area contributed by atoms with Gasteiger partial charge in [0, 0.05) is 29.7 Å². The summed E-state index contributed by atoms with van der Waals surface area (Å²) in [4.78, 5) is 24.3. The molecule has 5 nitrogen and oxygen atoms in total. The summed E-state index contributed by atoms with van der Waals surface area (Å²) in [6, 6.07) is 0. The van der Waals surface area contributed by atoms with Crippen molar-refractivity contribution in [3.63, 3.8) is 0 Å². The Labute approximate surface area is 111 Å². The topological polar surface area (TPSA) is 65.0 Å². The molecule has 0 aliphatic rings. The first-order chi connectivity index (χ1) is 9.13. The first-order valence-corrected chi connectivity index (χ1v) is 5.91. The van der Waals surface area contributed by atoms with E-state index in [9.17, 15) is 4.79 Å². The Balaban J connectivity index is 2.27. The minimum Gasteiger partial charge on any atom is -0.496 e. The van der Waals surface area contributed by atoms with E-state index in [-0.39, 0.29) is 12.2 Å². The van der Waals surface area contributed by atoms with Crippen molar-refractivity contribution in [2.75, 3.05) is 7.11 Å². The number of ether oxygens (including phenoxy) is 1. The molecule has 2 aromatic rings. The second-order valence-corrected chi connectivity index (χ2v) is 4.24. The highest BCUT2D eigenvalue weighted by molar-refractivity contribution is 5.95. The summed E-state index contributed by atoms with van der Waals surface area (Å²) in [6.07, 6.45) is 6.41. The molecule has 0 bridgehead atoms. The van der Waals surface area contributed by atoms with E-state index in [4.69, 9.17) is 4.74 Å². The molecule has 0 unspecified atom stereocenters. The first-order valence-electron chi connectivity index (χ1n) is 5.91. The Kier molecular flexibility index (Phi) is 3.85. The van der Waals surface area contributed by atoms with Gasteiger partial charge in [-0.05, 0) is 13.8 Å². The van der Waals surface area contributed by atoms with Crippen LogP contribution in [-0.2, 0) is 6.42 Å². The molecule has 0 aromatic carbocycles. The number of methoxy groups -OCH3 is 1. The summed E-state index contributed by atoms with van der Waals surface area (Å²) < 4.78 is 5.32. The zero-order valence-corrected chi connectivity index (χ0v) is 11.2. The van der Waals surface area contributed by atoms with Gasteiger partial charge in [0.15, 0.2) is 5.78 Å². The largest absolute Gasteiger partial charge is 0.496 e. The summed E-state index contributed by atoms with van der Waals surface area (Å²) >= 11 is 0. The predicted octanol–water partition coefficient (Wildman–Crippen LogP) is 1.92. The molecule has 0 fully saturated rings. The van der Waals surface area contributed by atoms with Crippen molar-refractivity contribution in [3.05, 3.63) is 47.3 Å². The number of rotatable bonds is 4. The molecule has 19 heavy (non-hydrogen) atoms. The molecule has 0 amide bonds. The lowest BCUT2D eigenvalue weighted by Gasteiger charge is -2.11. The Hall–Kier alpha value is -2.30. The number of aryl methyl sites for hydroxylation is 1. The Morgan fingerprint density at radius 3 is 2.63 bits per heavy atom. The van der Waals surface area contributed by atoms with Gasteiger partial charge in [-0.15, -0.1) is 0 Å². The number of pyridine rings is 1. The Bertz CT molecular complexity index is 597. The molecular formula is C14H15N3O2. The van der Waals surface area contributed by atoms with E-state index in [2.05, 4.69) is 15.0 Å². The summed E-state index contributed by atoms with van der Waals surface area (Å²) in [7, 11) is 1.61. The van der Waals surface area contributed by atoms with E-state index in [1.807, 2.05) is 13.8 Å². The summed E-state index contributed by atoms with van der Waals surface area (Å²) in [5.74, 6) is 0.673. The lowest BCUT2D eigenvalue weighted by molar-refractivity contribution is 0.0986. The molecule has 0 saturated carbocycles. The SMILES string of the molecule is COc1c(C)cnc(CC(=O)c2cnccn2)c1C. The average molecular weight is 257 g/mol. The number of aromatic nitrogens is 3. The van der Waals surface area contributed by atoms with Crippen LogP contribution in [0.15, 0.2) is 24.8 Å². The fourth-order valence-corrected chi connectivity index (χ4v) is 1.94. The molecule has 2 heterocycles. The minimum absolute atomic E-state index is 0.102. The van der Waals surface area contributed by atoms with Crippen molar-refractivity contribution in [3.8, 4) is 5.75 Å². The fourth-order valence-electron chi connectivity index (χ4n) is 1.94. The van der Waals surface area contributed by atoms with Crippen molar-refractivity contribution in [2.24, 2.45) is 0 Å². The van der Waals surface area contributed by atoms with Crippen LogP contribution in [0.5, 0.6) is 5.75 Å². The van der Waals surface area contributed by atoms with Crippen LogP contribution in [0.4, 0.5) is 0 Å². The van der Waals surface area contributed by atoms with Crippen LogP contribution in [0.1, 0.15) is 27.3 Å². The molecule has 0 aliphatic heterocycles. The van der Waals surface area contributed by atoms with Gasteiger partial charge >= 0.3 is 0 Å². The third kappa shape index (κ3) is 2.76. The van der Waals surface area contributed by atoms with Gasteiger partial charge in [0.05, 0.1) is 25.4 Å². The van der Waals surface area contributed by atoms with Gasteiger partial charge < -0.3 is 4.74 Å². The maximum absolute atomic E-state index is 12.1. The molecular weight excluding hydrogens is 242 g/mol. The summed E-state index contributed by atoms with van der Waals surface area (Å²) in [6.45, 7) is 3.82. The highest BCUT2D eigenvalue weighted by Gasteiger charge is 2.14.